The molecule has 0 saturated carbocycles. The van der Waals surface area contributed by atoms with Crippen LogP contribution in [0, 0.1) is 0 Å². The molecule has 0 bridgehead atoms. The van der Waals surface area contributed by atoms with E-state index < -0.39 is 30.3 Å². The number of allylic oxidation sites excluding steroid dienone is 2. The standard InChI is InChI=1S/C12H19NO5.2K/c1-2-3-4-5-6-10(14)13-9(12(17)18)7-8-11(15)16;;/h2-3,9H,4-8H2,1H3,(H,13,14)(H,15,16)(H,17,18);;/q;2*+1/p-2/b3-2+;;/t9-;;/m0../s1. The fraction of sp³-hybridized carbons (Fsp3) is 0.583. The number of rotatable bonds is 9. The number of carbonyl (C=O) groups is 2. The van der Waals surface area contributed by atoms with Crippen LogP contribution >= 0.6 is 0 Å². The summed E-state index contributed by atoms with van der Waals surface area (Å²) in [5.41, 5.74) is 0. The van der Waals surface area contributed by atoms with Crippen molar-refractivity contribution in [2.45, 2.75) is 45.1 Å². The summed E-state index contributed by atoms with van der Waals surface area (Å²) in [6.07, 6.45) is 4.61. The van der Waals surface area contributed by atoms with E-state index in [9.17, 15) is 19.8 Å². The molecule has 0 aromatic carbocycles. The second-order valence-corrected chi connectivity index (χ2v) is 3.75. The van der Waals surface area contributed by atoms with E-state index in [2.05, 4.69) is 4.99 Å². The van der Waals surface area contributed by atoms with Crippen molar-refractivity contribution in [2.24, 2.45) is 4.99 Å². The Hall–Kier alpha value is 1.42. The topological polar surface area (TPSA) is 113 Å². The van der Waals surface area contributed by atoms with Gasteiger partial charge in [-0.2, -0.15) is 0 Å². The number of hydrogen-bond donors (Lipinski definition) is 1. The maximum Gasteiger partial charge on any atom is 1.00 e. The Morgan fingerprint density at radius 1 is 1.25 bits per heavy atom. The number of carboxylic acid groups (broad SMARTS) is 2. The zero-order valence-electron chi connectivity index (χ0n) is 12.3. The van der Waals surface area contributed by atoms with Crippen molar-refractivity contribution >= 4 is 17.8 Å². The molecule has 0 saturated heterocycles. The smallest absolute Gasteiger partial charge is 0.862 e. The van der Waals surface area contributed by atoms with Crippen LogP contribution in [0.1, 0.15) is 39.0 Å². The molecule has 102 valence electrons. The van der Waals surface area contributed by atoms with Gasteiger partial charge in [0.2, 0.25) is 0 Å². The van der Waals surface area contributed by atoms with Gasteiger partial charge >= 0.3 is 109 Å². The van der Waals surface area contributed by atoms with E-state index in [0.717, 1.165) is 6.42 Å². The molecule has 1 N–H and O–H groups in total. The molecule has 6 nitrogen and oxygen atoms in total. The molecule has 0 spiro atoms. The molecule has 0 aliphatic heterocycles. The number of carbonyl (C=O) groups excluding carboxylic acids is 1. The molecule has 20 heavy (non-hydrogen) atoms. The van der Waals surface area contributed by atoms with Gasteiger partial charge < -0.3 is 20.1 Å². The van der Waals surface area contributed by atoms with Crippen LogP contribution in [-0.4, -0.2) is 29.0 Å². The molecule has 0 unspecified atom stereocenters. The number of unbranched alkanes of at least 4 members (excludes halogenated alkanes) is 1. The minimum atomic E-state index is -1.35. The largest absolute Gasteiger partial charge is 1.00 e. The molecule has 0 heterocycles. The number of aliphatic carboxylic acids is 2. The van der Waals surface area contributed by atoms with Gasteiger partial charge in [-0.25, -0.2) is 4.79 Å². The molecule has 0 radical (unpaired) electrons. The Balaban J connectivity index is -0.00000144. The summed E-state index contributed by atoms with van der Waals surface area (Å²) in [4.78, 5) is 24.5. The van der Waals surface area contributed by atoms with Gasteiger partial charge in [0.1, 0.15) is 6.04 Å². The van der Waals surface area contributed by atoms with E-state index in [1.807, 2.05) is 19.1 Å². The van der Waals surface area contributed by atoms with Crippen molar-refractivity contribution in [1.82, 2.24) is 0 Å². The van der Waals surface area contributed by atoms with Crippen LogP contribution < -0.4 is 113 Å². The first-order chi connectivity index (χ1) is 8.47. The minimum Gasteiger partial charge on any atom is -0.862 e. The van der Waals surface area contributed by atoms with Gasteiger partial charge in [0, 0.05) is 5.97 Å². The average Bonchev–Trinajstić information content (AvgIpc) is 2.29. The first-order valence-corrected chi connectivity index (χ1v) is 5.74. The van der Waals surface area contributed by atoms with Crippen LogP contribution in [0.15, 0.2) is 17.1 Å². The summed E-state index contributed by atoms with van der Waals surface area (Å²) in [7, 11) is 0. The van der Waals surface area contributed by atoms with Gasteiger partial charge in [0.05, 0.1) is 0 Å². The summed E-state index contributed by atoms with van der Waals surface area (Å²) in [5.74, 6) is -3.15. The van der Waals surface area contributed by atoms with E-state index in [1.54, 1.807) is 0 Å². The average molecular weight is 333 g/mol. The molecule has 0 aliphatic rings. The quantitative estimate of drug-likeness (QED) is 0.148. The maximum absolute atomic E-state index is 11.3. The van der Waals surface area contributed by atoms with E-state index in [1.165, 1.54) is 0 Å². The Kier molecular flexibility index (Phi) is 22.1. The summed E-state index contributed by atoms with van der Waals surface area (Å²) in [6.45, 7) is 1.87. The number of hydrogen-bond acceptors (Lipinski definition) is 5. The van der Waals surface area contributed by atoms with Gasteiger partial charge in [0.15, 0.2) is 0 Å². The fourth-order valence-corrected chi connectivity index (χ4v) is 1.27. The van der Waals surface area contributed by atoms with E-state index in [0.29, 0.717) is 6.42 Å². The monoisotopic (exact) mass is 333 g/mol. The Labute approximate surface area is 204 Å². The molecular weight excluding hydrogens is 316 g/mol. The summed E-state index contributed by atoms with van der Waals surface area (Å²) in [5, 5.41) is 30.3. The molecule has 0 aromatic heterocycles. The predicted octanol–water partition coefficient (Wildman–Crippen LogP) is -6.52. The van der Waals surface area contributed by atoms with Gasteiger partial charge in [-0.05, 0) is 44.9 Å². The van der Waals surface area contributed by atoms with Crippen LogP contribution in [0.2, 0.25) is 0 Å². The number of aliphatic imine (C=N–C) groups is 1. The number of nitrogens with zero attached hydrogens (tertiary/aromatic N) is 1. The van der Waals surface area contributed by atoms with Gasteiger partial charge in [0.25, 0.3) is 0 Å². The van der Waals surface area contributed by atoms with Crippen molar-refractivity contribution in [1.29, 1.82) is 0 Å². The second kappa shape index (κ2) is 16.8. The summed E-state index contributed by atoms with van der Waals surface area (Å²) >= 11 is 0. The van der Waals surface area contributed by atoms with Crippen LogP contribution in [-0.2, 0) is 9.59 Å². The third kappa shape index (κ3) is 15.8. The first-order valence-electron chi connectivity index (χ1n) is 5.74. The zero-order valence-corrected chi connectivity index (χ0v) is 18.5. The van der Waals surface area contributed by atoms with Crippen molar-refractivity contribution < 1.29 is 128 Å². The van der Waals surface area contributed by atoms with Crippen molar-refractivity contribution in [3.05, 3.63) is 12.2 Å². The second-order valence-electron chi connectivity index (χ2n) is 3.75. The Morgan fingerprint density at radius 3 is 2.30 bits per heavy atom. The van der Waals surface area contributed by atoms with Crippen molar-refractivity contribution in [2.75, 3.05) is 0 Å². The summed E-state index contributed by atoms with van der Waals surface area (Å²) in [6, 6.07) is -1.29. The number of carboxylic acids is 2. The van der Waals surface area contributed by atoms with Crippen molar-refractivity contribution in [3.63, 3.8) is 0 Å². The van der Waals surface area contributed by atoms with Crippen LogP contribution in [0.25, 0.3) is 0 Å². The van der Waals surface area contributed by atoms with E-state index in [-0.39, 0.29) is 116 Å². The minimum absolute atomic E-state index is 0. The predicted molar refractivity (Wildman–Crippen MR) is 61.8 cm³/mol. The Morgan fingerprint density at radius 2 is 1.85 bits per heavy atom. The van der Waals surface area contributed by atoms with Crippen LogP contribution in [0.3, 0.4) is 0 Å². The van der Waals surface area contributed by atoms with Gasteiger partial charge in [-0.1, -0.05) is 12.2 Å². The van der Waals surface area contributed by atoms with Gasteiger partial charge in [-0.15, -0.1) is 0 Å². The molecular formula is C12H17K2NO5. The third-order valence-electron chi connectivity index (χ3n) is 2.20. The molecule has 0 aliphatic carbocycles. The normalized spacial score (nSPS) is 12.3. The SMILES string of the molecule is C/C=C/CCCC([O-])=N[C@@H](CCC(=O)[O-])C(=O)O.[K+].[K+]. The third-order valence-corrected chi connectivity index (χ3v) is 2.20. The fourth-order valence-electron chi connectivity index (χ4n) is 1.27. The van der Waals surface area contributed by atoms with Crippen molar-refractivity contribution in [3.8, 4) is 0 Å². The summed E-state index contributed by atoms with van der Waals surface area (Å²) < 4.78 is 0. The Bertz CT molecular complexity index is 345. The van der Waals surface area contributed by atoms with Gasteiger partial charge in [-0.3, -0.25) is 4.99 Å². The van der Waals surface area contributed by atoms with Crippen LogP contribution in [0.4, 0.5) is 0 Å². The molecule has 0 amide bonds. The van der Waals surface area contributed by atoms with E-state index in [4.69, 9.17) is 5.11 Å². The molecule has 0 rings (SSSR count). The molecule has 0 aromatic rings. The zero-order chi connectivity index (χ0) is 14.0. The molecule has 8 heteroatoms. The first kappa shape index (κ1) is 26.3. The van der Waals surface area contributed by atoms with Crippen LogP contribution in [0.5, 0.6) is 0 Å². The molecule has 0 fully saturated rings. The molecule has 1 atom stereocenters. The van der Waals surface area contributed by atoms with E-state index >= 15 is 0 Å². The maximum atomic E-state index is 11.3.